The molecule has 0 saturated carbocycles. The van der Waals surface area contributed by atoms with Gasteiger partial charge in [-0.05, 0) is 138 Å². The molecule has 116 heavy (non-hydrogen) atoms. The first kappa shape index (κ1) is 84.0. The Morgan fingerprint density at radius 2 is 0.741 bits per heavy atom. The van der Waals surface area contributed by atoms with E-state index < -0.39 is 0 Å². The van der Waals surface area contributed by atoms with Crippen molar-refractivity contribution in [2.24, 2.45) is 0 Å². The van der Waals surface area contributed by atoms with Gasteiger partial charge in [-0.1, -0.05) is 178 Å². The third-order valence-electron chi connectivity index (χ3n) is 17.7. The van der Waals surface area contributed by atoms with Crippen LogP contribution in [0.25, 0.3) is 178 Å². The Morgan fingerprint density at radius 1 is 0.353 bits per heavy atom. The Hall–Kier alpha value is -12.9. The van der Waals surface area contributed by atoms with Crippen molar-refractivity contribution in [2.75, 3.05) is 0 Å². The van der Waals surface area contributed by atoms with Gasteiger partial charge < -0.3 is 41.8 Å². The second-order valence-electron chi connectivity index (χ2n) is 26.4. The molecule has 583 valence electrons. The van der Waals surface area contributed by atoms with E-state index in [9.17, 15) is 18.8 Å². The average Bonchev–Trinajstić information content (AvgIpc) is 1.61. The van der Waals surface area contributed by atoms with Crippen LogP contribution in [0.2, 0.25) is 0 Å². The number of carbonyl (C=O) groups excluding carboxylic acids is 3. The molecule has 19 rings (SSSR count). The number of aliphatic hydroxyl groups excluding tert-OH is 3. The van der Waals surface area contributed by atoms with Crippen molar-refractivity contribution in [1.82, 2.24) is 19.9 Å². The molecule has 0 atom stereocenters. The summed E-state index contributed by atoms with van der Waals surface area (Å²) in [5, 5.41) is 31.4. The number of furan rings is 6. The minimum Gasteiger partial charge on any atom is -0.512 e. The fourth-order valence-corrected chi connectivity index (χ4v) is 13.0. The zero-order valence-corrected chi connectivity index (χ0v) is 70.4. The summed E-state index contributed by atoms with van der Waals surface area (Å²) in [6.07, 6.45) is 3.50. The summed E-state index contributed by atoms with van der Waals surface area (Å²) >= 11 is 0. The zero-order chi connectivity index (χ0) is 78.8. The molecule has 3 N–H and O–H groups in total. The zero-order valence-electron chi connectivity index (χ0n) is 63.2. The molecule has 0 saturated heterocycles. The predicted molar refractivity (Wildman–Crippen MR) is 442 cm³/mol. The fourth-order valence-electron chi connectivity index (χ4n) is 13.0. The molecule has 0 aliphatic heterocycles. The number of hydrogen-bond donors (Lipinski definition) is 3. The maximum atomic E-state index is 13.2. The Kier molecular flexibility index (Phi) is 27.4. The third kappa shape index (κ3) is 19.3. The van der Waals surface area contributed by atoms with Crippen molar-refractivity contribution in [3.05, 3.63) is 326 Å². The maximum Gasteiger partial charge on any atom is 0.216 e. The van der Waals surface area contributed by atoms with E-state index in [2.05, 4.69) is 53.5 Å². The molecule has 0 unspecified atom stereocenters. The molecule has 3 radical (unpaired) electrons. The number of pyridine rings is 4. The van der Waals surface area contributed by atoms with Crippen LogP contribution in [0.5, 0.6) is 0 Å². The van der Waals surface area contributed by atoms with Crippen LogP contribution in [0.3, 0.4) is 0 Å². The molecule has 0 spiro atoms. The molecule has 0 fully saturated rings. The molecular weight excluding hydrogens is 2000 g/mol. The largest absolute Gasteiger partial charge is 0.512 e. The number of allylic oxidation sites excluding steroid dienone is 6. The van der Waals surface area contributed by atoms with Gasteiger partial charge in [0.05, 0.1) is 50.6 Å². The monoisotopic (exact) mass is 2070 g/mol. The van der Waals surface area contributed by atoms with Gasteiger partial charge >= 0.3 is 0 Å². The number of rotatable bonds is 10. The van der Waals surface area contributed by atoms with Crippen molar-refractivity contribution in [1.29, 1.82) is 0 Å². The van der Waals surface area contributed by atoms with Crippen LogP contribution in [-0.2, 0) is 74.7 Å². The number of nitrogens with zero attached hydrogens (tertiary/aromatic N) is 4. The molecule has 0 aliphatic carbocycles. The molecule has 0 amide bonds. The second-order valence-corrected chi connectivity index (χ2v) is 26.4. The summed E-state index contributed by atoms with van der Waals surface area (Å²) in [4.78, 5) is 49.3. The number of fused-ring (bicyclic) bond motifs is 12. The Bertz CT molecular complexity index is 6760. The molecule has 19 aromatic rings. The van der Waals surface area contributed by atoms with Crippen LogP contribution in [0.4, 0.5) is 4.39 Å². The Morgan fingerprint density at radius 3 is 1.18 bits per heavy atom. The summed E-state index contributed by atoms with van der Waals surface area (Å²) in [6.45, 7) is 10.5. The number of hydrogen-bond acceptors (Lipinski definition) is 16. The molecule has 9 aromatic carbocycles. The number of benzene rings is 9. The molecule has 16 nitrogen and oxygen atoms in total. The van der Waals surface area contributed by atoms with E-state index in [-0.39, 0.29) is 101 Å². The van der Waals surface area contributed by atoms with Gasteiger partial charge in [0.25, 0.3) is 0 Å². The van der Waals surface area contributed by atoms with E-state index in [0.29, 0.717) is 17.1 Å². The first-order valence-corrected chi connectivity index (χ1v) is 35.9. The standard InChI is InChI=1S/C31H18NO2.C25H13FNO2.C25H15N2O2.3C5H8O2.3Ir/c1-3-10-20(11-4-1)28-29-27(34-30(28)21-12-5-2-6-13-21)19-18-25(32-29)24-16-9-15-23-22-14-7-8-17-26(22)33-31(23)24;26-16-10-8-15(9-11-16)24-14-21-23(28-24)13-12-20(27-21)19-6-3-5-18-17-4-1-2-7-22(17)29-25(18)19;1-15-10-11-18-17-8-5-9-19(24(17)29-25(18)26-15)20-12-13-22-21(27-20)14-23(28-22)16-6-3-2-4-7-16;3*1-4(6)3-5(2)7;;;/h1-15,17-19H;1-5,7-14H;2-8,10-14H,1H3;3*3,6H,1-2H3;;;/q3*-1;;;;;;. The predicted octanol–water partition coefficient (Wildman–Crippen LogP) is 25.2. The van der Waals surface area contributed by atoms with Crippen LogP contribution < -0.4 is 0 Å². The minimum atomic E-state index is -0.278. The summed E-state index contributed by atoms with van der Waals surface area (Å²) in [7, 11) is 0. The molecule has 0 bridgehead atoms. The molecule has 10 aromatic heterocycles. The smallest absolute Gasteiger partial charge is 0.216 e. The number of aliphatic hydroxyl groups is 3. The normalized spacial score (nSPS) is 11.3. The fraction of sp³-hybridized carbons (Fsp3) is 0.0729. The van der Waals surface area contributed by atoms with Crippen LogP contribution >= 0.6 is 0 Å². The van der Waals surface area contributed by atoms with E-state index in [1.807, 2.05) is 213 Å². The van der Waals surface area contributed by atoms with Gasteiger partial charge in [-0.25, -0.2) is 9.37 Å². The number of para-hydroxylation sites is 2. The van der Waals surface area contributed by atoms with E-state index >= 15 is 0 Å². The van der Waals surface area contributed by atoms with Gasteiger partial charge in [0, 0.05) is 129 Å². The van der Waals surface area contributed by atoms with E-state index in [4.69, 9.17) is 56.8 Å². The van der Waals surface area contributed by atoms with Crippen molar-refractivity contribution >= 4 is 117 Å². The van der Waals surface area contributed by atoms with Crippen LogP contribution in [0, 0.1) is 30.9 Å². The van der Waals surface area contributed by atoms with Crippen molar-refractivity contribution in [2.45, 2.75) is 48.5 Å². The van der Waals surface area contributed by atoms with Gasteiger partial charge in [-0.2, -0.15) is 0 Å². The quantitative estimate of drug-likeness (QED) is 0.0655. The summed E-state index contributed by atoms with van der Waals surface area (Å²) in [5.41, 5.74) is 19.8. The van der Waals surface area contributed by atoms with Crippen molar-refractivity contribution in [3.8, 4) is 78.9 Å². The summed E-state index contributed by atoms with van der Waals surface area (Å²) < 4.78 is 49.9. The van der Waals surface area contributed by atoms with Gasteiger partial charge in [0.1, 0.15) is 39.8 Å². The number of carbonyl (C=O) groups is 3. The average molecular weight is 2070 g/mol. The Labute approximate surface area is 705 Å². The van der Waals surface area contributed by atoms with Gasteiger partial charge in [0.2, 0.25) is 5.71 Å². The molecule has 10 heterocycles. The van der Waals surface area contributed by atoms with Crippen molar-refractivity contribution < 1.29 is 121 Å². The summed E-state index contributed by atoms with van der Waals surface area (Å²) in [5.74, 6) is 1.80. The number of halogens is 1. The van der Waals surface area contributed by atoms with Gasteiger partial charge in [-0.15, -0.1) is 54.6 Å². The SMILES string of the molecule is CC(=O)C=C(C)O.CC(=O)C=C(C)O.CC(=O)C=C(C)O.Cc1ccc2c(n1)oc1c(-c3ccc4oc(-c5ccccc5)cc4n3)[c-]ccc12.Fc1ccc(-c2cc3nc(-c4[c-]ccc5c4oc4ccccc45)ccc3o2)cc1.[Ir].[Ir].[Ir].[c-]1ccc2c(oc3ccccc32)c1-c1ccc2oc(-c3ccccc3)c(-c3ccccc3)c2n1. The van der Waals surface area contributed by atoms with Gasteiger partial charge in [-0.3, -0.25) is 29.3 Å². The van der Waals surface area contributed by atoms with Crippen LogP contribution in [0.1, 0.15) is 47.2 Å². The van der Waals surface area contributed by atoms with Crippen LogP contribution in [-0.4, -0.2) is 52.6 Å². The minimum absolute atomic E-state index is 0. The van der Waals surface area contributed by atoms with E-state index in [1.165, 1.54) is 71.9 Å². The molecule has 0 aliphatic rings. The van der Waals surface area contributed by atoms with E-state index in [0.717, 1.165) is 167 Å². The summed E-state index contributed by atoms with van der Waals surface area (Å²) in [6, 6.07) is 94.0. The third-order valence-corrected chi connectivity index (χ3v) is 17.7. The van der Waals surface area contributed by atoms with Crippen molar-refractivity contribution in [3.63, 3.8) is 0 Å². The Balaban J connectivity index is 0.000000151. The second kappa shape index (κ2) is 37.8. The maximum absolute atomic E-state index is 13.2. The first-order valence-electron chi connectivity index (χ1n) is 35.9. The van der Waals surface area contributed by atoms with E-state index in [1.54, 1.807) is 12.1 Å². The van der Waals surface area contributed by atoms with Crippen LogP contribution in [0.15, 0.2) is 323 Å². The molecule has 20 heteroatoms. The number of aromatic nitrogens is 4. The number of aryl methyl sites for hydroxylation is 1. The number of ketones is 3. The topological polar surface area (TPSA) is 242 Å². The first-order chi connectivity index (χ1) is 54.8. The van der Waals surface area contributed by atoms with Gasteiger partial charge in [0.15, 0.2) is 34.1 Å². The molecular formula is C96H70FIr3N4O12-3.